The maximum atomic E-state index is 12.7. The molecule has 0 bridgehead atoms. The number of aromatic nitrogens is 5. The highest BCUT2D eigenvalue weighted by Gasteiger charge is 2.22. The molecule has 0 saturated carbocycles. The molecule has 7 nitrogen and oxygen atoms in total. The van der Waals surface area contributed by atoms with Crippen molar-refractivity contribution in [1.82, 2.24) is 30.3 Å². The Bertz CT molecular complexity index is 976. The van der Waals surface area contributed by atoms with Crippen LogP contribution in [0.1, 0.15) is 46.0 Å². The van der Waals surface area contributed by atoms with Crippen LogP contribution >= 0.6 is 11.8 Å². The summed E-state index contributed by atoms with van der Waals surface area (Å²) in [5.41, 5.74) is 4.81. The summed E-state index contributed by atoms with van der Waals surface area (Å²) in [6.07, 6.45) is 6.09. The summed E-state index contributed by atoms with van der Waals surface area (Å²) in [4.78, 5) is 12.7. The third kappa shape index (κ3) is 3.37. The Hall–Kier alpha value is -2.61. The molecule has 0 saturated heterocycles. The smallest absolute Gasteiger partial charge is 0.272 e. The van der Waals surface area contributed by atoms with E-state index in [1.54, 1.807) is 0 Å². The van der Waals surface area contributed by atoms with Crippen LogP contribution in [0.4, 0.5) is 0 Å². The molecule has 8 heteroatoms. The summed E-state index contributed by atoms with van der Waals surface area (Å²) in [5.74, 6) is 0.533. The van der Waals surface area contributed by atoms with E-state index in [1.807, 2.05) is 29.0 Å². The molecule has 1 aliphatic rings. The Balaban J connectivity index is 1.57. The number of carbonyl (C=O) groups is 1. The highest BCUT2D eigenvalue weighted by atomic mass is 32.2. The van der Waals surface area contributed by atoms with Gasteiger partial charge in [-0.25, -0.2) is 0 Å². The van der Waals surface area contributed by atoms with E-state index in [1.165, 1.54) is 11.8 Å². The number of aryl methyl sites for hydroxylation is 2. The van der Waals surface area contributed by atoms with Crippen molar-refractivity contribution < 1.29 is 4.79 Å². The summed E-state index contributed by atoms with van der Waals surface area (Å²) in [5, 5.41) is 19.6. The Morgan fingerprint density at radius 2 is 2.07 bits per heavy atom. The van der Waals surface area contributed by atoms with E-state index in [9.17, 15) is 4.79 Å². The first-order valence-corrected chi connectivity index (χ1v) is 10.3. The van der Waals surface area contributed by atoms with Crippen LogP contribution in [-0.4, -0.2) is 37.1 Å². The van der Waals surface area contributed by atoms with Gasteiger partial charge in [-0.3, -0.25) is 14.5 Å². The number of thioether (sulfide) groups is 1. The van der Waals surface area contributed by atoms with Crippen molar-refractivity contribution in [2.24, 2.45) is 0 Å². The van der Waals surface area contributed by atoms with Gasteiger partial charge in [0.05, 0.1) is 12.2 Å². The van der Waals surface area contributed by atoms with Crippen molar-refractivity contribution in [1.29, 1.82) is 0 Å². The van der Waals surface area contributed by atoms with Gasteiger partial charge in [-0.2, -0.15) is 5.10 Å². The molecule has 0 spiro atoms. The van der Waals surface area contributed by atoms with Crippen LogP contribution < -0.4 is 5.32 Å². The van der Waals surface area contributed by atoms with Crippen molar-refractivity contribution in [3.63, 3.8) is 0 Å². The minimum absolute atomic E-state index is 0.167. The third-order valence-electron chi connectivity index (χ3n) is 4.92. The second-order valence-electron chi connectivity index (χ2n) is 6.64. The van der Waals surface area contributed by atoms with Crippen molar-refractivity contribution in [3.8, 4) is 5.69 Å². The number of amides is 1. The molecule has 140 valence electrons. The summed E-state index contributed by atoms with van der Waals surface area (Å²) < 4.78 is 2.00. The topological polar surface area (TPSA) is 88.5 Å². The molecule has 3 aromatic rings. The van der Waals surface area contributed by atoms with E-state index in [4.69, 9.17) is 0 Å². The van der Waals surface area contributed by atoms with Gasteiger partial charge in [-0.15, -0.1) is 10.2 Å². The molecule has 0 atom stereocenters. The molecule has 1 aromatic carbocycles. The molecule has 0 unspecified atom stereocenters. The second-order valence-corrected chi connectivity index (χ2v) is 7.42. The summed E-state index contributed by atoms with van der Waals surface area (Å²) in [6.45, 7) is 2.35. The number of nitrogens with one attached hydrogen (secondary N) is 2. The average molecular weight is 382 g/mol. The highest BCUT2D eigenvalue weighted by molar-refractivity contribution is 7.98. The normalized spacial score (nSPS) is 13.4. The molecule has 2 aromatic heterocycles. The lowest BCUT2D eigenvalue weighted by Gasteiger charge is -2.13. The zero-order valence-electron chi connectivity index (χ0n) is 15.5. The zero-order valence-corrected chi connectivity index (χ0v) is 16.3. The summed E-state index contributed by atoms with van der Waals surface area (Å²) in [6, 6.07) is 8.08. The average Bonchev–Trinajstić information content (AvgIpc) is 3.30. The minimum atomic E-state index is -0.167. The monoisotopic (exact) mass is 382 g/mol. The maximum Gasteiger partial charge on any atom is 0.272 e. The standard InChI is InChI=1S/C19H22N6OS/c1-12-7-3-6-10-15(12)25-16(22-24-19(25)27-2)11-20-18(26)17-13-8-4-5-9-14(13)21-23-17/h3,6-7,10H,4-5,8-9,11H2,1-2H3,(H,20,26)(H,21,23). The van der Waals surface area contributed by atoms with Gasteiger partial charge < -0.3 is 5.32 Å². The minimum Gasteiger partial charge on any atom is -0.343 e. The van der Waals surface area contributed by atoms with Gasteiger partial charge in [0.2, 0.25) is 0 Å². The number of rotatable bonds is 5. The van der Waals surface area contributed by atoms with Gasteiger partial charge in [-0.1, -0.05) is 30.0 Å². The van der Waals surface area contributed by atoms with Crippen LogP contribution in [0, 0.1) is 6.92 Å². The molecule has 0 radical (unpaired) electrons. The molecule has 0 fully saturated rings. The highest BCUT2D eigenvalue weighted by Crippen LogP contribution is 2.24. The molecule has 2 heterocycles. The maximum absolute atomic E-state index is 12.7. The van der Waals surface area contributed by atoms with Gasteiger partial charge in [0, 0.05) is 11.3 Å². The van der Waals surface area contributed by atoms with Crippen LogP contribution in [-0.2, 0) is 19.4 Å². The first-order valence-electron chi connectivity index (χ1n) is 9.07. The van der Waals surface area contributed by atoms with Gasteiger partial charge >= 0.3 is 0 Å². The number of carbonyl (C=O) groups excluding carboxylic acids is 1. The fourth-order valence-electron chi connectivity index (χ4n) is 3.52. The van der Waals surface area contributed by atoms with Gasteiger partial charge in [0.25, 0.3) is 5.91 Å². The van der Waals surface area contributed by atoms with Crippen LogP contribution in [0.2, 0.25) is 0 Å². The summed E-state index contributed by atoms with van der Waals surface area (Å²) in [7, 11) is 0. The fourth-order valence-corrected chi connectivity index (χ4v) is 4.02. The number of hydrogen-bond donors (Lipinski definition) is 2. The van der Waals surface area contributed by atoms with Crippen LogP contribution in [0.5, 0.6) is 0 Å². The Labute approximate surface area is 162 Å². The second kappa shape index (κ2) is 7.56. The summed E-state index contributed by atoms with van der Waals surface area (Å²) >= 11 is 1.53. The van der Waals surface area contributed by atoms with E-state index in [2.05, 4.69) is 38.7 Å². The van der Waals surface area contributed by atoms with Crippen molar-refractivity contribution in [2.75, 3.05) is 6.26 Å². The van der Waals surface area contributed by atoms with E-state index in [-0.39, 0.29) is 5.91 Å². The number of nitrogens with zero attached hydrogens (tertiary/aromatic N) is 4. The van der Waals surface area contributed by atoms with E-state index in [0.717, 1.165) is 53.3 Å². The molecule has 27 heavy (non-hydrogen) atoms. The van der Waals surface area contributed by atoms with Crippen LogP contribution in [0.15, 0.2) is 29.4 Å². The first-order chi connectivity index (χ1) is 13.2. The molecule has 2 N–H and O–H groups in total. The molecular weight excluding hydrogens is 360 g/mol. The van der Waals surface area contributed by atoms with E-state index >= 15 is 0 Å². The Kier molecular flexibility index (Phi) is 4.98. The quantitative estimate of drug-likeness (QED) is 0.663. The zero-order chi connectivity index (χ0) is 18.8. The SMILES string of the molecule is CSc1nnc(CNC(=O)c2n[nH]c3c2CCCC3)n1-c1ccccc1C. The number of hydrogen-bond acceptors (Lipinski definition) is 5. The van der Waals surface area contributed by atoms with Gasteiger partial charge in [0.1, 0.15) is 0 Å². The first kappa shape index (κ1) is 17.8. The van der Waals surface area contributed by atoms with Gasteiger partial charge in [-0.05, 0) is 50.5 Å². The third-order valence-corrected chi connectivity index (χ3v) is 5.55. The number of H-pyrrole nitrogens is 1. The van der Waals surface area contributed by atoms with E-state index < -0.39 is 0 Å². The number of fused-ring (bicyclic) bond motifs is 1. The number of benzene rings is 1. The predicted molar refractivity (Wildman–Crippen MR) is 104 cm³/mol. The van der Waals surface area contributed by atoms with Crippen LogP contribution in [0.25, 0.3) is 5.69 Å². The molecule has 1 aliphatic carbocycles. The lowest BCUT2D eigenvalue weighted by molar-refractivity contribution is 0.0943. The molecule has 0 aliphatic heterocycles. The largest absolute Gasteiger partial charge is 0.343 e. The number of aromatic amines is 1. The predicted octanol–water partition coefficient (Wildman–Crippen LogP) is 2.83. The molecular formula is C19H22N6OS. The lowest BCUT2D eigenvalue weighted by atomic mass is 9.96. The van der Waals surface area contributed by atoms with Gasteiger partial charge in [0.15, 0.2) is 16.7 Å². The van der Waals surface area contributed by atoms with Crippen LogP contribution in [0.3, 0.4) is 0 Å². The van der Waals surface area contributed by atoms with E-state index in [0.29, 0.717) is 18.1 Å². The number of para-hydroxylation sites is 1. The van der Waals surface area contributed by atoms with Crippen molar-refractivity contribution >= 4 is 17.7 Å². The fraction of sp³-hybridized carbons (Fsp3) is 0.368. The molecule has 4 rings (SSSR count). The lowest BCUT2D eigenvalue weighted by Crippen LogP contribution is -2.26. The van der Waals surface area contributed by atoms with Crippen molar-refractivity contribution in [3.05, 3.63) is 52.6 Å². The molecule has 1 amide bonds. The Morgan fingerprint density at radius 3 is 2.89 bits per heavy atom. The van der Waals surface area contributed by atoms with Crippen molar-refractivity contribution in [2.45, 2.75) is 44.3 Å². The Morgan fingerprint density at radius 1 is 1.26 bits per heavy atom.